The number of benzene rings is 1. The number of ether oxygens (including phenoxy) is 1. The molecule has 0 atom stereocenters. The molecule has 0 unspecified atom stereocenters. The van der Waals surface area contributed by atoms with Gasteiger partial charge in [-0.25, -0.2) is 18.4 Å². The number of imidazole rings is 1. The minimum Gasteiger partial charge on any atom is -0.468 e. The second-order valence-electron chi connectivity index (χ2n) is 5.87. The van der Waals surface area contributed by atoms with Gasteiger partial charge in [0.15, 0.2) is 16.4 Å². The minimum atomic E-state index is -4.46. The predicted octanol–water partition coefficient (Wildman–Crippen LogP) is 3.75. The summed E-state index contributed by atoms with van der Waals surface area (Å²) in [6.45, 7) is 0.342. The number of pyridine rings is 1. The van der Waals surface area contributed by atoms with Crippen molar-refractivity contribution in [1.29, 1.82) is 0 Å². The number of H-pyrrole nitrogens is 1. The van der Waals surface area contributed by atoms with E-state index in [1.54, 1.807) is 19.1 Å². The van der Waals surface area contributed by atoms with Gasteiger partial charge in [-0.3, -0.25) is 0 Å². The van der Waals surface area contributed by atoms with Gasteiger partial charge in [-0.1, -0.05) is 6.92 Å². The van der Waals surface area contributed by atoms with E-state index in [4.69, 9.17) is 0 Å². The minimum absolute atomic E-state index is 0.0454. The number of hydrogen-bond donors (Lipinski definition) is 1. The lowest BCUT2D eigenvalue weighted by Crippen LogP contribution is -2.19. The molecule has 0 radical (unpaired) electrons. The van der Waals surface area contributed by atoms with Crippen molar-refractivity contribution in [1.82, 2.24) is 15.0 Å². The Labute approximate surface area is 153 Å². The number of nitrogens with zero attached hydrogens (tertiary/aromatic N) is 2. The number of nitrogens with one attached hydrogen (secondary N) is 1. The number of aromatic nitrogens is 3. The van der Waals surface area contributed by atoms with E-state index in [0.29, 0.717) is 28.8 Å². The molecule has 6 nitrogen and oxygen atoms in total. The molecule has 0 aliphatic rings. The summed E-state index contributed by atoms with van der Waals surface area (Å²) in [7, 11) is -3.37. The molecule has 0 spiro atoms. The molecular weight excluding hydrogens is 383 g/mol. The van der Waals surface area contributed by atoms with Gasteiger partial charge >= 0.3 is 6.18 Å². The number of aromatic amines is 1. The highest BCUT2D eigenvalue weighted by atomic mass is 32.2. The zero-order valence-corrected chi connectivity index (χ0v) is 15.1. The zero-order chi connectivity index (χ0) is 19.7. The maximum absolute atomic E-state index is 12.3. The quantitative estimate of drug-likeness (QED) is 0.682. The van der Waals surface area contributed by atoms with Crippen LogP contribution in [0.1, 0.15) is 13.3 Å². The van der Waals surface area contributed by atoms with Gasteiger partial charge in [0.2, 0.25) is 5.88 Å². The number of sulfone groups is 1. The van der Waals surface area contributed by atoms with Gasteiger partial charge < -0.3 is 9.72 Å². The van der Waals surface area contributed by atoms with Gasteiger partial charge in [0.05, 0.1) is 21.7 Å². The van der Waals surface area contributed by atoms with E-state index in [9.17, 15) is 21.6 Å². The predicted molar refractivity (Wildman–Crippen MR) is 93.2 cm³/mol. The molecule has 27 heavy (non-hydrogen) atoms. The van der Waals surface area contributed by atoms with E-state index in [2.05, 4.69) is 19.7 Å². The van der Waals surface area contributed by atoms with E-state index < -0.39 is 22.6 Å². The highest BCUT2D eigenvalue weighted by Gasteiger charge is 2.28. The van der Waals surface area contributed by atoms with Crippen molar-refractivity contribution in [3.63, 3.8) is 0 Å². The van der Waals surface area contributed by atoms with Gasteiger partial charge in [0, 0.05) is 17.8 Å². The Kier molecular flexibility index (Phi) is 5.09. The smallest absolute Gasteiger partial charge is 0.422 e. The molecule has 0 aliphatic heterocycles. The molecule has 144 valence electrons. The summed E-state index contributed by atoms with van der Waals surface area (Å²) in [4.78, 5) is 11.3. The molecule has 0 fully saturated rings. The average Bonchev–Trinajstić information content (AvgIpc) is 3.03. The average molecular weight is 399 g/mol. The van der Waals surface area contributed by atoms with Crippen LogP contribution in [0.3, 0.4) is 0 Å². The highest BCUT2D eigenvalue weighted by molar-refractivity contribution is 7.91. The van der Waals surface area contributed by atoms with Crippen LogP contribution in [0.25, 0.3) is 22.4 Å². The van der Waals surface area contributed by atoms with Crippen molar-refractivity contribution in [2.45, 2.75) is 24.4 Å². The van der Waals surface area contributed by atoms with E-state index in [0.717, 1.165) is 0 Å². The Bertz CT molecular complexity index is 1060. The summed E-state index contributed by atoms with van der Waals surface area (Å²) in [5.41, 5.74) is 1.52. The normalized spacial score (nSPS) is 12.4. The number of alkyl halides is 3. The Balaban J connectivity index is 1.91. The van der Waals surface area contributed by atoms with Gasteiger partial charge in [-0.05, 0) is 30.7 Å². The third kappa shape index (κ3) is 4.57. The number of halogens is 3. The van der Waals surface area contributed by atoms with Crippen molar-refractivity contribution in [2.24, 2.45) is 0 Å². The second kappa shape index (κ2) is 7.18. The van der Waals surface area contributed by atoms with E-state index >= 15 is 0 Å². The summed E-state index contributed by atoms with van der Waals surface area (Å²) >= 11 is 0. The summed E-state index contributed by atoms with van der Waals surface area (Å²) in [6, 6.07) is 7.46. The summed E-state index contributed by atoms with van der Waals surface area (Å²) in [6.07, 6.45) is -2.64. The molecule has 1 aromatic carbocycles. The van der Waals surface area contributed by atoms with Crippen LogP contribution in [0.2, 0.25) is 0 Å². The summed E-state index contributed by atoms with van der Waals surface area (Å²) in [5.74, 6) is 0.231. The number of hydrogen-bond acceptors (Lipinski definition) is 5. The van der Waals surface area contributed by atoms with E-state index in [1.165, 1.54) is 24.4 Å². The van der Waals surface area contributed by atoms with Gasteiger partial charge in [-0.2, -0.15) is 13.2 Å². The molecule has 2 heterocycles. The van der Waals surface area contributed by atoms with Crippen LogP contribution in [-0.2, 0) is 9.84 Å². The highest BCUT2D eigenvalue weighted by Crippen LogP contribution is 2.25. The first-order chi connectivity index (χ1) is 12.7. The monoisotopic (exact) mass is 399 g/mol. The summed E-state index contributed by atoms with van der Waals surface area (Å²) < 4.78 is 65.9. The van der Waals surface area contributed by atoms with Gasteiger partial charge in [0.25, 0.3) is 0 Å². The lowest BCUT2D eigenvalue weighted by atomic mass is 10.2. The molecule has 1 N–H and O–H groups in total. The lowest BCUT2D eigenvalue weighted by molar-refractivity contribution is -0.154. The van der Waals surface area contributed by atoms with Crippen molar-refractivity contribution in [3.05, 3.63) is 36.5 Å². The maximum Gasteiger partial charge on any atom is 0.422 e. The third-order valence-corrected chi connectivity index (χ3v) is 5.60. The SMILES string of the molecule is CCCS(=O)(=O)c1ccc2nc(-c3ccnc(OCC(F)(F)F)c3)[nH]c2c1. The standard InChI is InChI=1S/C17H16F3N3O3S/c1-2-7-27(24,25)12-3-4-13-14(9-12)23-16(22-13)11-5-6-21-15(8-11)26-10-17(18,19)20/h3-6,8-9H,2,7,10H2,1H3,(H,22,23). The first-order valence-corrected chi connectivity index (χ1v) is 9.72. The maximum atomic E-state index is 12.3. The first kappa shape index (κ1) is 19.2. The number of fused-ring (bicyclic) bond motifs is 1. The van der Waals surface area contributed by atoms with Crippen LogP contribution in [0, 0.1) is 0 Å². The second-order valence-corrected chi connectivity index (χ2v) is 7.98. The third-order valence-electron chi connectivity index (χ3n) is 3.68. The first-order valence-electron chi connectivity index (χ1n) is 8.06. The Morgan fingerprint density at radius 3 is 2.67 bits per heavy atom. The fourth-order valence-corrected chi connectivity index (χ4v) is 3.84. The summed E-state index contributed by atoms with van der Waals surface area (Å²) in [5, 5.41) is 0. The lowest BCUT2D eigenvalue weighted by Gasteiger charge is -2.08. The molecule has 0 aliphatic carbocycles. The molecule has 0 amide bonds. The Morgan fingerprint density at radius 2 is 1.96 bits per heavy atom. The van der Waals surface area contributed by atoms with Crippen LogP contribution < -0.4 is 4.74 Å². The molecule has 2 aromatic heterocycles. The van der Waals surface area contributed by atoms with Crippen LogP contribution in [0.4, 0.5) is 13.2 Å². The van der Waals surface area contributed by atoms with E-state index in [1.807, 2.05) is 0 Å². The molecule has 0 saturated carbocycles. The fourth-order valence-electron chi connectivity index (χ4n) is 2.50. The topological polar surface area (TPSA) is 84.9 Å². The Hall–Kier alpha value is -2.62. The van der Waals surface area contributed by atoms with Crippen LogP contribution >= 0.6 is 0 Å². The molecule has 10 heteroatoms. The van der Waals surface area contributed by atoms with E-state index in [-0.39, 0.29) is 16.5 Å². The zero-order valence-electron chi connectivity index (χ0n) is 14.2. The van der Waals surface area contributed by atoms with Crippen molar-refractivity contribution in [2.75, 3.05) is 12.4 Å². The molecule has 3 aromatic rings. The van der Waals surface area contributed by atoms with Gasteiger partial charge in [-0.15, -0.1) is 0 Å². The van der Waals surface area contributed by atoms with Crippen LogP contribution in [0.15, 0.2) is 41.4 Å². The molecule has 0 saturated heterocycles. The van der Waals surface area contributed by atoms with Crippen molar-refractivity contribution in [3.8, 4) is 17.3 Å². The number of rotatable bonds is 6. The molecular formula is C17H16F3N3O3S. The van der Waals surface area contributed by atoms with Crippen molar-refractivity contribution >= 4 is 20.9 Å². The molecule has 3 rings (SSSR count). The van der Waals surface area contributed by atoms with Crippen LogP contribution in [-0.4, -0.2) is 41.9 Å². The van der Waals surface area contributed by atoms with Gasteiger partial charge in [0.1, 0.15) is 5.82 Å². The Morgan fingerprint density at radius 1 is 1.19 bits per heavy atom. The van der Waals surface area contributed by atoms with Crippen LogP contribution in [0.5, 0.6) is 5.88 Å². The largest absolute Gasteiger partial charge is 0.468 e. The fraction of sp³-hybridized carbons (Fsp3) is 0.294. The molecule has 0 bridgehead atoms. The van der Waals surface area contributed by atoms with Crippen molar-refractivity contribution < 1.29 is 26.3 Å².